The summed E-state index contributed by atoms with van der Waals surface area (Å²) in [5.74, 6) is 0.0352. The summed E-state index contributed by atoms with van der Waals surface area (Å²) in [6.45, 7) is -0.460. The molecule has 3 aromatic rings. The normalized spacial score (nSPS) is 14.1. The van der Waals surface area contributed by atoms with E-state index in [9.17, 15) is 9.59 Å². The Kier molecular flexibility index (Phi) is 6.07. The SMILES string of the molecule is COc1ccc(/C=C2/CCCc3c2nc2ccccc2c3C(=O)OCC(N)=O)cc1OC. The van der Waals surface area contributed by atoms with Gasteiger partial charge in [-0.3, -0.25) is 4.79 Å². The van der Waals surface area contributed by atoms with E-state index in [1.54, 1.807) is 14.2 Å². The first-order chi connectivity index (χ1) is 15.5. The Hall–Kier alpha value is -3.87. The summed E-state index contributed by atoms with van der Waals surface area (Å²) in [7, 11) is 3.20. The molecule has 0 radical (unpaired) electrons. The highest BCUT2D eigenvalue weighted by molar-refractivity contribution is 6.07. The molecule has 32 heavy (non-hydrogen) atoms. The Bertz CT molecular complexity index is 1230. The molecule has 2 aromatic carbocycles. The van der Waals surface area contributed by atoms with E-state index >= 15 is 0 Å². The number of nitrogens with two attached hydrogens (primary N) is 1. The summed E-state index contributed by atoms with van der Waals surface area (Å²) < 4.78 is 15.9. The maximum absolute atomic E-state index is 12.9. The first-order valence-electron chi connectivity index (χ1n) is 10.3. The molecule has 0 unspecified atom stereocenters. The van der Waals surface area contributed by atoms with Gasteiger partial charge in [0.2, 0.25) is 0 Å². The molecular weight excluding hydrogens is 408 g/mol. The molecule has 1 aromatic heterocycles. The molecule has 0 atom stereocenters. The van der Waals surface area contributed by atoms with E-state index in [0.717, 1.165) is 35.2 Å². The number of aromatic nitrogens is 1. The molecule has 164 valence electrons. The number of benzene rings is 2. The van der Waals surface area contributed by atoms with Crippen LogP contribution in [0.2, 0.25) is 0 Å². The Balaban J connectivity index is 1.85. The Morgan fingerprint density at radius 3 is 2.59 bits per heavy atom. The van der Waals surface area contributed by atoms with Crippen molar-refractivity contribution in [3.63, 3.8) is 0 Å². The molecule has 0 aliphatic heterocycles. The minimum atomic E-state index is -0.695. The number of methoxy groups -OCH3 is 2. The lowest BCUT2D eigenvalue weighted by Crippen LogP contribution is -2.22. The van der Waals surface area contributed by atoms with Crippen LogP contribution in [0.1, 0.15) is 40.0 Å². The molecule has 0 fully saturated rings. The number of carbonyl (C=O) groups excluding carboxylic acids is 2. The van der Waals surface area contributed by atoms with E-state index in [1.165, 1.54) is 0 Å². The molecule has 1 aliphatic carbocycles. The molecule has 0 saturated carbocycles. The van der Waals surface area contributed by atoms with Crippen LogP contribution in [0.25, 0.3) is 22.6 Å². The van der Waals surface area contributed by atoms with Gasteiger partial charge in [0.15, 0.2) is 18.1 Å². The first kappa shape index (κ1) is 21.4. The van der Waals surface area contributed by atoms with E-state index in [-0.39, 0.29) is 0 Å². The number of hydrogen-bond donors (Lipinski definition) is 1. The number of esters is 1. The molecule has 4 rings (SSSR count). The van der Waals surface area contributed by atoms with Crippen LogP contribution in [-0.2, 0) is 16.0 Å². The number of amides is 1. The lowest BCUT2D eigenvalue weighted by molar-refractivity contribution is -0.121. The number of carbonyl (C=O) groups is 2. The second-order valence-corrected chi connectivity index (χ2v) is 7.51. The summed E-state index contributed by atoms with van der Waals surface area (Å²) in [5.41, 5.74) is 9.87. The maximum Gasteiger partial charge on any atom is 0.339 e. The fourth-order valence-electron chi connectivity index (χ4n) is 4.06. The Morgan fingerprint density at radius 2 is 1.84 bits per heavy atom. The molecule has 0 saturated heterocycles. The summed E-state index contributed by atoms with van der Waals surface area (Å²) in [6, 6.07) is 13.1. The van der Waals surface area contributed by atoms with E-state index in [4.69, 9.17) is 24.9 Å². The minimum Gasteiger partial charge on any atom is -0.493 e. The van der Waals surface area contributed by atoms with Crippen LogP contribution in [0.15, 0.2) is 42.5 Å². The maximum atomic E-state index is 12.9. The van der Waals surface area contributed by atoms with Crippen molar-refractivity contribution in [3.8, 4) is 11.5 Å². The molecule has 7 heteroatoms. The largest absolute Gasteiger partial charge is 0.493 e. The van der Waals surface area contributed by atoms with Crippen molar-refractivity contribution in [1.82, 2.24) is 4.98 Å². The second-order valence-electron chi connectivity index (χ2n) is 7.51. The standard InChI is InChI=1S/C25H24N2O5/c1-30-20-11-10-15(13-21(20)31-2)12-16-6-5-8-18-23(25(29)32-14-22(26)28)17-7-3-4-9-19(17)27-24(16)18/h3-4,7,9-13H,5-6,8,14H2,1-2H3,(H2,26,28)/b16-12-. The van der Waals surface area contributed by atoms with Crippen molar-refractivity contribution in [2.24, 2.45) is 5.73 Å². The van der Waals surface area contributed by atoms with Crippen molar-refractivity contribution in [3.05, 3.63) is 64.8 Å². The van der Waals surface area contributed by atoms with Crippen molar-refractivity contribution in [2.45, 2.75) is 19.3 Å². The lowest BCUT2D eigenvalue weighted by Gasteiger charge is -2.22. The number of hydrogen-bond acceptors (Lipinski definition) is 6. The lowest BCUT2D eigenvalue weighted by atomic mass is 9.86. The number of ether oxygens (including phenoxy) is 3. The number of fused-ring (bicyclic) bond motifs is 2. The average molecular weight is 432 g/mol. The quantitative estimate of drug-likeness (QED) is 0.595. The van der Waals surface area contributed by atoms with Gasteiger partial charge in [0, 0.05) is 5.39 Å². The van der Waals surface area contributed by atoms with E-state index in [0.29, 0.717) is 34.4 Å². The summed E-state index contributed by atoms with van der Waals surface area (Å²) in [6.07, 6.45) is 4.43. The number of allylic oxidation sites excluding steroid dienone is 1. The van der Waals surface area contributed by atoms with Crippen LogP contribution >= 0.6 is 0 Å². The molecule has 2 N–H and O–H groups in total. The monoisotopic (exact) mass is 432 g/mol. The van der Waals surface area contributed by atoms with Crippen LogP contribution in [0, 0.1) is 0 Å². The van der Waals surface area contributed by atoms with E-state index in [2.05, 4.69) is 6.08 Å². The first-order valence-corrected chi connectivity index (χ1v) is 10.3. The van der Waals surface area contributed by atoms with Crippen molar-refractivity contribution in [2.75, 3.05) is 20.8 Å². The van der Waals surface area contributed by atoms with Crippen molar-refractivity contribution in [1.29, 1.82) is 0 Å². The van der Waals surface area contributed by atoms with Crippen LogP contribution in [0.3, 0.4) is 0 Å². The predicted octanol–water partition coefficient (Wildman–Crippen LogP) is 3.77. The van der Waals surface area contributed by atoms with Crippen LogP contribution < -0.4 is 15.2 Å². The predicted molar refractivity (Wildman–Crippen MR) is 122 cm³/mol. The summed E-state index contributed by atoms with van der Waals surface area (Å²) in [4.78, 5) is 29.0. The number of rotatable bonds is 6. The number of nitrogens with zero attached hydrogens (tertiary/aromatic N) is 1. The molecule has 1 amide bonds. The van der Waals surface area contributed by atoms with Gasteiger partial charge in [0.05, 0.1) is 31.0 Å². The van der Waals surface area contributed by atoms with Crippen LogP contribution in [0.5, 0.6) is 11.5 Å². The van der Waals surface area contributed by atoms with Crippen molar-refractivity contribution >= 4 is 34.4 Å². The summed E-state index contributed by atoms with van der Waals surface area (Å²) >= 11 is 0. The topological polar surface area (TPSA) is 101 Å². The zero-order chi connectivity index (χ0) is 22.7. The number of para-hydroxylation sites is 1. The Labute approximate surface area is 185 Å². The zero-order valence-corrected chi connectivity index (χ0v) is 18.0. The number of pyridine rings is 1. The second kappa shape index (κ2) is 9.09. The third-order valence-corrected chi connectivity index (χ3v) is 5.47. The average Bonchev–Trinajstić information content (AvgIpc) is 2.81. The van der Waals surface area contributed by atoms with Gasteiger partial charge < -0.3 is 19.9 Å². The van der Waals surface area contributed by atoms with Crippen molar-refractivity contribution < 1.29 is 23.8 Å². The van der Waals surface area contributed by atoms with Gasteiger partial charge in [-0.2, -0.15) is 0 Å². The number of primary amides is 1. The minimum absolute atomic E-state index is 0.449. The zero-order valence-electron chi connectivity index (χ0n) is 18.0. The van der Waals surface area contributed by atoms with Crippen LogP contribution in [-0.4, -0.2) is 37.7 Å². The highest BCUT2D eigenvalue weighted by Crippen LogP contribution is 2.37. The fraction of sp³-hybridized carbons (Fsp3) is 0.240. The van der Waals surface area contributed by atoms with Crippen LogP contribution in [0.4, 0.5) is 0 Å². The van der Waals surface area contributed by atoms with Gasteiger partial charge in [-0.1, -0.05) is 24.3 Å². The molecule has 0 bridgehead atoms. The molecule has 7 nitrogen and oxygen atoms in total. The van der Waals surface area contributed by atoms with Gasteiger partial charge in [-0.05, 0) is 60.2 Å². The molecule has 1 aliphatic rings. The fourth-order valence-corrected chi connectivity index (χ4v) is 4.06. The highest BCUT2D eigenvalue weighted by atomic mass is 16.5. The molecule has 0 spiro atoms. The smallest absolute Gasteiger partial charge is 0.339 e. The Morgan fingerprint density at radius 1 is 1.06 bits per heavy atom. The van der Waals surface area contributed by atoms with E-state index in [1.807, 2.05) is 42.5 Å². The summed E-state index contributed by atoms with van der Waals surface area (Å²) in [5, 5.41) is 0.702. The third-order valence-electron chi connectivity index (χ3n) is 5.47. The van der Waals surface area contributed by atoms with Gasteiger partial charge >= 0.3 is 5.97 Å². The molecular formula is C25H24N2O5. The van der Waals surface area contributed by atoms with Gasteiger partial charge in [-0.15, -0.1) is 0 Å². The highest BCUT2D eigenvalue weighted by Gasteiger charge is 2.26. The third kappa shape index (κ3) is 4.14. The van der Waals surface area contributed by atoms with Gasteiger partial charge in [-0.25, -0.2) is 9.78 Å². The molecule has 1 heterocycles. The van der Waals surface area contributed by atoms with Gasteiger partial charge in [0.25, 0.3) is 5.91 Å². The van der Waals surface area contributed by atoms with E-state index < -0.39 is 18.5 Å². The van der Waals surface area contributed by atoms with Gasteiger partial charge in [0.1, 0.15) is 0 Å².